The summed E-state index contributed by atoms with van der Waals surface area (Å²) in [6.07, 6.45) is 2.06. The Bertz CT molecular complexity index is 462. The molecule has 0 saturated carbocycles. The first-order chi connectivity index (χ1) is 8.25. The van der Waals surface area contributed by atoms with Gasteiger partial charge in [0, 0.05) is 5.02 Å². The largest absolute Gasteiger partial charge is 0.0843 e. The first-order valence-corrected chi connectivity index (χ1v) is 6.26. The molecule has 0 amide bonds. The van der Waals surface area contributed by atoms with Crippen molar-refractivity contribution in [2.75, 3.05) is 0 Å². The lowest BCUT2D eigenvalue weighted by atomic mass is 9.94. The Morgan fingerprint density at radius 2 is 1.76 bits per heavy atom. The fourth-order valence-electron chi connectivity index (χ4n) is 1.93. The number of hydrogen-bond donors (Lipinski definition) is 0. The zero-order valence-electron chi connectivity index (χ0n) is 9.77. The van der Waals surface area contributed by atoms with E-state index in [1.807, 2.05) is 24.3 Å². The highest BCUT2D eigenvalue weighted by Crippen LogP contribution is 2.21. The van der Waals surface area contributed by atoms with Gasteiger partial charge in [-0.25, -0.2) is 0 Å². The Labute approximate surface area is 108 Å². The van der Waals surface area contributed by atoms with E-state index in [1.165, 1.54) is 11.1 Å². The molecule has 17 heavy (non-hydrogen) atoms. The van der Waals surface area contributed by atoms with Gasteiger partial charge in [-0.3, -0.25) is 0 Å². The van der Waals surface area contributed by atoms with Crippen molar-refractivity contribution < 1.29 is 0 Å². The molecule has 0 aliphatic rings. The summed E-state index contributed by atoms with van der Waals surface area (Å²) in [5.41, 5.74) is 2.58. The number of rotatable bonds is 4. The van der Waals surface area contributed by atoms with E-state index in [1.54, 1.807) is 0 Å². The average molecular weight is 244 g/mol. The molecule has 1 heteroatoms. The summed E-state index contributed by atoms with van der Waals surface area (Å²) in [4.78, 5) is 0. The molecule has 87 valence electrons. The zero-order valence-corrected chi connectivity index (χ0v) is 10.5. The third-order valence-electron chi connectivity index (χ3n) is 2.94. The predicted octanol–water partition coefficient (Wildman–Crippen LogP) is 4.89. The summed E-state index contributed by atoms with van der Waals surface area (Å²) >= 11 is 5.96. The summed E-state index contributed by atoms with van der Waals surface area (Å²) < 4.78 is 0. The second-order valence-electron chi connectivity index (χ2n) is 4.28. The molecule has 0 nitrogen and oxygen atoms in total. The fourth-order valence-corrected chi connectivity index (χ4v) is 2.14. The lowest BCUT2D eigenvalue weighted by molar-refractivity contribution is 0.733. The van der Waals surface area contributed by atoms with Crippen molar-refractivity contribution in [3.05, 3.63) is 77.7 Å². The zero-order chi connectivity index (χ0) is 12.1. The van der Waals surface area contributed by atoms with Gasteiger partial charge in [0.15, 0.2) is 0 Å². The van der Waals surface area contributed by atoms with E-state index >= 15 is 0 Å². The second-order valence-corrected chi connectivity index (χ2v) is 4.71. The first kappa shape index (κ1) is 12.2. The molecule has 1 radical (unpaired) electrons. The SMILES string of the molecule is [CH2][C@@H](CCc1cccc(Cl)c1)c1ccccc1. The average Bonchev–Trinajstić information content (AvgIpc) is 2.37. The Balaban J connectivity index is 1.95. The normalized spacial score (nSPS) is 12.4. The quantitative estimate of drug-likeness (QED) is 0.717. The van der Waals surface area contributed by atoms with Gasteiger partial charge < -0.3 is 0 Å². The fraction of sp³-hybridized carbons (Fsp3) is 0.188. The van der Waals surface area contributed by atoms with Gasteiger partial charge in [-0.15, -0.1) is 0 Å². The molecule has 2 aromatic rings. The van der Waals surface area contributed by atoms with Crippen LogP contribution in [0.3, 0.4) is 0 Å². The Morgan fingerprint density at radius 1 is 1.00 bits per heavy atom. The van der Waals surface area contributed by atoms with Gasteiger partial charge in [0.1, 0.15) is 0 Å². The molecule has 0 aromatic heterocycles. The molecule has 0 saturated heterocycles. The van der Waals surface area contributed by atoms with E-state index in [0.717, 1.165) is 17.9 Å². The molecule has 2 rings (SSSR count). The maximum Gasteiger partial charge on any atom is 0.0408 e. The van der Waals surface area contributed by atoms with E-state index in [2.05, 4.69) is 37.3 Å². The summed E-state index contributed by atoms with van der Waals surface area (Å²) in [6, 6.07) is 18.5. The molecule has 0 aliphatic carbocycles. The molecule has 2 aromatic carbocycles. The van der Waals surface area contributed by atoms with Crippen LogP contribution in [0.25, 0.3) is 0 Å². The minimum Gasteiger partial charge on any atom is -0.0843 e. The van der Waals surface area contributed by atoms with Crippen molar-refractivity contribution in [1.29, 1.82) is 0 Å². The van der Waals surface area contributed by atoms with Crippen molar-refractivity contribution in [3.63, 3.8) is 0 Å². The minimum absolute atomic E-state index is 0.343. The van der Waals surface area contributed by atoms with Crippen molar-refractivity contribution in [2.45, 2.75) is 18.8 Å². The van der Waals surface area contributed by atoms with Gasteiger partial charge in [-0.05, 0) is 48.9 Å². The smallest absolute Gasteiger partial charge is 0.0408 e. The van der Waals surface area contributed by atoms with Crippen LogP contribution in [0.5, 0.6) is 0 Å². The molecular formula is C16H16Cl. The van der Waals surface area contributed by atoms with Crippen molar-refractivity contribution in [2.24, 2.45) is 0 Å². The van der Waals surface area contributed by atoms with Gasteiger partial charge in [0.25, 0.3) is 0 Å². The number of hydrogen-bond acceptors (Lipinski definition) is 0. The van der Waals surface area contributed by atoms with Gasteiger partial charge in [-0.2, -0.15) is 0 Å². The van der Waals surface area contributed by atoms with Crippen LogP contribution in [0.2, 0.25) is 5.02 Å². The second kappa shape index (κ2) is 5.88. The Kier molecular flexibility index (Phi) is 4.22. The van der Waals surface area contributed by atoms with Crippen LogP contribution in [0.15, 0.2) is 54.6 Å². The van der Waals surface area contributed by atoms with Crippen molar-refractivity contribution in [1.82, 2.24) is 0 Å². The Hall–Kier alpha value is -1.27. The minimum atomic E-state index is 0.343. The van der Waals surface area contributed by atoms with E-state index in [-0.39, 0.29) is 0 Å². The van der Waals surface area contributed by atoms with E-state index in [0.29, 0.717) is 5.92 Å². The van der Waals surface area contributed by atoms with Crippen molar-refractivity contribution >= 4 is 11.6 Å². The maximum absolute atomic E-state index is 5.96. The summed E-state index contributed by atoms with van der Waals surface area (Å²) in [6.45, 7) is 4.21. The van der Waals surface area contributed by atoms with Crippen molar-refractivity contribution in [3.8, 4) is 0 Å². The number of aryl methyl sites for hydroxylation is 1. The molecule has 0 heterocycles. The van der Waals surface area contributed by atoms with Crippen LogP contribution in [-0.2, 0) is 6.42 Å². The maximum atomic E-state index is 5.96. The number of halogens is 1. The monoisotopic (exact) mass is 243 g/mol. The molecule has 1 atom stereocenters. The standard InChI is InChI=1S/C16H16Cl/c1-13(15-7-3-2-4-8-15)10-11-14-6-5-9-16(17)12-14/h2-9,12-13H,1,10-11H2/t13-/m0/s1. The molecule has 0 bridgehead atoms. The van der Waals surface area contributed by atoms with Crippen LogP contribution >= 0.6 is 11.6 Å². The lowest BCUT2D eigenvalue weighted by Crippen LogP contribution is -1.96. The molecule has 0 fully saturated rings. The molecular weight excluding hydrogens is 228 g/mol. The number of benzene rings is 2. The highest BCUT2D eigenvalue weighted by Gasteiger charge is 2.05. The van der Waals surface area contributed by atoms with E-state index < -0.39 is 0 Å². The summed E-state index contributed by atoms with van der Waals surface area (Å²) in [5.74, 6) is 0.343. The van der Waals surface area contributed by atoms with Crippen LogP contribution in [-0.4, -0.2) is 0 Å². The molecule has 0 unspecified atom stereocenters. The molecule has 0 N–H and O–H groups in total. The first-order valence-electron chi connectivity index (χ1n) is 5.88. The highest BCUT2D eigenvalue weighted by molar-refractivity contribution is 6.30. The summed E-state index contributed by atoms with van der Waals surface area (Å²) in [7, 11) is 0. The van der Waals surface area contributed by atoms with Crippen LogP contribution in [0.1, 0.15) is 23.5 Å². The van der Waals surface area contributed by atoms with E-state index in [4.69, 9.17) is 11.6 Å². The predicted molar refractivity (Wildman–Crippen MR) is 74.3 cm³/mol. The van der Waals surface area contributed by atoms with Gasteiger partial charge >= 0.3 is 0 Å². The molecule has 0 aliphatic heterocycles. The highest BCUT2D eigenvalue weighted by atomic mass is 35.5. The van der Waals surface area contributed by atoms with Gasteiger partial charge in [0.05, 0.1) is 0 Å². The van der Waals surface area contributed by atoms with Crippen LogP contribution in [0, 0.1) is 6.92 Å². The lowest BCUT2D eigenvalue weighted by Gasteiger charge is -2.11. The van der Waals surface area contributed by atoms with E-state index in [9.17, 15) is 0 Å². The third-order valence-corrected chi connectivity index (χ3v) is 3.18. The van der Waals surface area contributed by atoms with Gasteiger partial charge in [-0.1, -0.05) is 54.1 Å². The molecule has 0 spiro atoms. The Morgan fingerprint density at radius 3 is 2.47 bits per heavy atom. The summed E-state index contributed by atoms with van der Waals surface area (Å²) in [5, 5.41) is 0.808. The topological polar surface area (TPSA) is 0 Å². The van der Waals surface area contributed by atoms with Crippen LogP contribution < -0.4 is 0 Å². The van der Waals surface area contributed by atoms with Crippen LogP contribution in [0.4, 0.5) is 0 Å². The van der Waals surface area contributed by atoms with Gasteiger partial charge in [0.2, 0.25) is 0 Å². The third kappa shape index (κ3) is 3.61.